The second-order valence-corrected chi connectivity index (χ2v) is 6.43. The molecule has 0 atom stereocenters. The smallest absolute Gasteiger partial charge is 0.178 e. The van der Waals surface area contributed by atoms with Crippen molar-refractivity contribution in [3.05, 3.63) is 57.0 Å². The molecular formula is C16H12Br2N2O. The molecule has 1 heterocycles. The molecular weight excluding hydrogens is 396 g/mol. The fourth-order valence-electron chi connectivity index (χ4n) is 2.23. The predicted octanol–water partition coefficient (Wildman–Crippen LogP) is 5.42. The van der Waals surface area contributed by atoms with Crippen molar-refractivity contribution < 1.29 is 4.52 Å². The number of benzene rings is 2. The van der Waals surface area contributed by atoms with Gasteiger partial charge in [-0.15, -0.1) is 0 Å². The molecule has 0 saturated carbocycles. The number of aryl methyl sites for hydroxylation is 1. The Balaban J connectivity index is 2.24. The number of hydrogen-bond acceptors (Lipinski definition) is 3. The van der Waals surface area contributed by atoms with Gasteiger partial charge in [0.05, 0.1) is 5.56 Å². The zero-order valence-corrected chi connectivity index (χ0v) is 14.4. The topological polar surface area (TPSA) is 52.0 Å². The van der Waals surface area contributed by atoms with E-state index in [1.165, 1.54) is 0 Å². The van der Waals surface area contributed by atoms with Crippen LogP contribution in [0.5, 0.6) is 0 Å². The molecule has 0 amide bonds. The minimum absolute atomic E-state index is 0.386. The van der Waals surface area contributed by atoms with Crippen LogP contribution in [0.15, 0.2) is 55.9 Å². The minimum atomic E-state index is 0.386. The van der Waals surface area contributed by atoms with Crippen LogP contribution in [0, 0.1) is 6.92 Å². The lowest BCUT2D eigenvalue weighted by atomic mass is 10.0. The van der Waals surface area contributed by atoms with Crippen LogP contribution in [-0.4, -0.2) is 5.16 Å². The maximum atomic E-state index is 6.01. The third-order valence-electron chi connectivity index (χ3n) is 3.27. The molecule has 0 bridgehead atoms. The highest BCUT2D eigenvalue weighted by Gasteiger charge is 2.20. The molecule has 0 aliphatic heterocycles. The Bertz CT molecular complexity index is 812. The molecule has 0 aliphatic rings. The summed E-state index contributed by atoms with van der Waals surface area (Å²) in [5, 5.41) is 3.94. The zero-order valence-electron chi connectivity index (χ0n) is 11.2. The average molecular weight is 408 g/mol. The van der Waals surface area contributed by atoms with Gasteiger partial charge in [-0.05, 0) is 52.2 Å². The summed E-state index contributed by atoms with van der Waals surface area (Å²) in [6, 6.07) is 13.9. The molecule has 3 aromatic rings. The van der Waals surface area contributed by atoms with Gasteiger partial charge in [0.15, 0.2) is 11.6 Å². The van der Waals surface area contributed by atoms with Crippen molar-refractivity contribution in [3.63, 3.8) is 0 Å². The van der Waals surface area contributed by atoms with Crippen molar-refractivity contribution >= 4 is 37.7 Å². The summed E-state index contributed by atoms with van der Waals surface area (Å²) < 4.78 is 7.46. The van der Waals surface area contributed by atoms with Gasteiger partial charge in [0.25, 0.3) is 0 Å². The van der Waals surface area contributed by atoms with E-state index >= 15 is 0 Å². The molecule has 1 aromatic heterocycles. The van der Waals surface area contributed by atoms with Gasteiger partial charge < -0.3 is 10.3 Å². The van der Waals surface area contributed by atoms with Crippen LogP contribution in [0.25, 0.3) is 22.5 Å². The Labute approximate surface area is 139 Å². The van der Waals surface area contributed by atoms with Crippen LogP contribution >= 0.6 is 31.9 Å². The average Bonchev–Trinajstić information content (AvgIpc) is 2.83. The molecule has 3 nitrogen and oxygen atoms in total. The van der Waals surface area contributed by atoms with E-state index in [1.54, 1.807) is 0 Å². The number of hydrogen-bond donors (Lipinski definition) is 1. The second kappa shape index (κ2) is 5.66. The molecule has 3 rings (SSSR count). The molecule has 0 unspecified atom stereocenters. The van der Waals surface area contributed by atoms with E-state index in [-0.39, 0.29) is 0 Å². The summed E-state index contributed by atoms with van der Waals surface area (Å²) in [7, 11) is 0. The van der Waals surface area contributed by atoms with Crippen LogP contribution < -0.4 is 5.73 Å². The summed E-state index contributed by atoms with van der Waals surface area (Å²) >= 11 is 7.09. The fourth-order valence-corrected chi connectivity index (χ4v) is 3.08. The number of nitrogen functional groups attached to an aromatic ring is 1. The quantitative estimate of drug-likeness (QED) is 0.616. The molecule has 0 radical (unpaired) electrons. The lowest BCUT2D eigenvalue weighted by molar-refractivity contribution is 0.436. The summed E-state index contributed by atoms with van der Waals surface area (Å²) in [6.45, 7) is 2.03. The van der Waals surface area contributed by atoms with E-state index in [4.69, 9.17) is 10.3 Å². The first-order valence-electron chi connectivity index (χ1n) is 6.34. The van der Waals surface area contributed by atoms with Gasteiger partial charge >= 0.3 is 0 Å². The highest BCUT2D eigenvalue weighted by molar-refractivity contribution is 9.10. The predicted molar refractivity (Wildman–Crippen MR) is 91.9 cm³/mol. The third-order valence-corrected chi connectivity index (χ3v) is 4.81. The molecule has 0 aliphatic carbocycles. The summed E-state index contributed by atoms with van der Waals surface area (Å²) in [5.74, 6) is 1.05. The number of halogens is 2. The van der Waals surface area contributed by atoms with E-state index in [9.17, 15) is 0 Å². The number of anilines is 1. The zero-order chi connectivity index (χ0) is 15.0. The minimum Gasteiger partial charge on any atom is -0.380 e. The molecule has 2 N–H and O–H groups in total. The SMILES string of the molecule is Cc1cccc(-c2onc(N)c2-c2cccc(Br)c2)c1Br. The van der Waals surface area contributed by atoms with E-state index < -0.39 is 0 Å². The van der Waals surface area contributed by atoms with Crippen LogP contribution in [0.1, 0.15) is 5.56 Å². The van der Waals surface area contributed by atoms with E-state index in [0.29, 0.717) is 11.6 Å². The first-order chi connectivity index (χ1) is 10.1. The maximum Gasteiger partial charge on any atom is 0.178 e. The fraction of sp³-hybridized carbons (Fsp3) is 0.0625. The van der Waals surface area contributed by atoms with Gasteiger partial charge in [0.1, 0.15) is 0 Å². The number of nitrogens with zero attached hydrogens (tertiary/aromatic N) is 1. The Morgan fingerprint density at radius 1 is 1.10 bits per heavy atom. The van der Waals surface area contributed by atoms with Crippen molar-refractivity contribution in [2.75, 3.05) is 5.73 Å². The molecule has 0 fully saturated rings. The number of aromatic nitrogens is 1. The number of rotatable bonds is 2. The van der Waals surface area contributed by atoms with Crippen molar-refractivity contribution in [2.24, 2.45) is 0 Å². The second-order valence-electron chi connectivity index (χ2n) is 4.72. The van der Waals surface area contributed by atoms with Crippen molar-refractivity contribution in [1.29, 1.82) is 0 Å². The monoisotopic (exact) mass is 406 g/mol. The molecule has 0 spiro atoms. The van der Waals surface area contributed by atoms with E-state index in [2.05, 4.69) is 37.0 Å². The highest BCUT2D eigenvalue weighted by atomic mass is 79.9. The van der Waals surface area contributed by atoms with Gasteiger partial charge in [-0.2, -0.15) is 0 Å². The van der Waals surface area contributed by atoms with E-state index in [0.717, 1.165) is 31.2 Å². The van der Waals surface area contributed by atoms with Crippen LogP contribution in [0.4, 0.5) is 5.82 Å². The Hall–Kier alpha value is -1.59. The third kappa shape index (κ3) is 2.63. The van der Waals surface area contributed by atoms with Crippen LogP contribution in [0.2, 0.25) is 0 Å². The molecule has 2 aromatic carbocycles. The summed E-state index contributed by atoms with van der Waals surface area (Å²) in [4.78, 5) is 0. The van der Waals surface area contributed by atoms with Gasteiger partial charge in [-0.1, -0.05) is 45.4 Å². The van der Waals surface area contributed by atoms with Gasteiger partial charge in [0.2, 0.25) is 0 Å². The van der Waals surface area contributed by atoms with Gasteiger partial charge in [0, 0.05) is 14.5 Å². The normalized spacial score (nSPS) is 10.8. The first kappa shape index (κ1) is 14.4. The number of nitrogens with two attached hydrogens (primary N) is 1. The standard InChI is InChI=1S/C16H12Br2N2O/c1-9-4-2-7-12(14(9)18)15-13(16(19)20-21-15)10-5-3-6-11(17)8-10/h2-8H,1H3,(H2,19,20). The molecule has 0 saturated heterocycles. The lowest BCUT2D eigenvalue weighted by Gasteiger charge is -2.07. The van der Waals surface area contributed by atoms with Crippen molar-refractivity contribution in [2.45, 2.75) is 6.92 Å². The largest absolute Gasteiger partial charge is 0.380 e. The molecule has 21 heavy (non-hydrogen) atoms. The summed E-state index contributed by atoms with van der Waals surface area (Å²) in [6.07, 6.45) is 0. The molecule has 5 heteroatoms. The maximum absolute atomic E-state index is 6.01. The Kier molecular flexibility index (Phi) is 3.87. The summed E-state index contributed by atoms with van der Waals surface area (Å²) in [5.41, 5.74) is 9.85. The lowest BCUT2D eigenvalue weighted by Crippen LogP contribution is -1.90. The Morgan fingerprint density at radius 2 is 1.86 bits per heavy atom. The van der Waals surface area contributed by atoms with Crippen LogP contribution in [-0.2, 0) is 0 Å². The van der Waals surface area contributed by atoms with Crippen molar-refractivity contribution in [1.82, 2.24) is 5.16 Å². The van der Waals surface area contributed by atoms with E-state index in [1.807, 2.05) is 49.4 Å². The first-order valence-corrected chi connectivity index (χ1v) is 7.93. The van der Waals surface area contributed by atoms with Crippen molar-refractivity contribution in [3.8, 4) is 22.5 Å². The van der Waals surface area contributed by atoms with Crippen LogP contribution in [0.3, 0.4) is 0 Å². The Morgan fingerprint density at radius 3 is 2.62 bits per heavy atom. The van der Waals surface area contributed by atoms with Gasteiger partial charge in [-0.25, -0.2) is 0 Å². The highest BCUT2D eigenvalue weighted by Crippen LogP contribution is 2.40. The van der Waals surface area contributed by atoms with Gasteiger partial charge in [-0.3, -0.25) is 0 Å². The molecule has 106 valence electrons.